The lowest BCUT2D eigenvalue weighted by Crippen LogP contribution is -2.50. The van der Waals surface area contributed by atoms with E-state index in [9.17, 15) is 44.7 Å². The van der Waals surface area contributed by atoms with Gasteiger partial charge in [0.1, 0.15) is 0 Å². The van der Waals surface area contributed by atoms with Crippen LogP contribution in [0.1, 0.15) is 54.5 Å². The van der Waals surface area contributed by atoms with Gasteiger partial charge in [0.05, 0.1) is 36.6 Å². The molecule has 2 atom stereocenters. The third-order valence-electron chi connectivity index (χ3n) is 6.90. The van der Waals surface area contributed by atoms with E-state index in [1.807, 2.05) is 0 Å². The van der Waals surface area contributed by atoms with Crippen LogP contribution in [0.3, 0.4) is 0 Å². The van der Waals surface area contributed by atoms with Gasteiger partial charge in [-0.15, -0.1) is 0 Å². The fourth-order valence-electron chi connectivity index (χ4n) is 5.00. The predicted molar refractivity (Wildman–Crippen MR) is 124 cm³/mol. The van der Waals surface area contributed by atoms with E-state index in [0.717, 1.165) is 29.0 Å². The van der Waals surface area contributed by atoms with Crippen molar-refractivity contribution in [1.82, 2.24) is 4.90 Å². The van der Waals surface area contributed by atoms with Gasteiger partial charge in [-0.2, -0.15) is 26.3 Å². The number of rotatable bonds is 5. The summed E-state index contributed by atoms with van der Waals surface area (Å²) in [5, 5.41) is 0. The van der Waals surface area contributed by atoms with Crippen molar-refractivity contribution < 1.29 is 54.2 Å². The molecule has 0 saturated heterocycles. The van der Waals surface area contributed by atoms with E-state index in [4.69, 9.17) is 9.47 Å². The molecular formula is C26H24F8N2O4. The molecule has 14 heteroatoms. The summed E-state index contributed by atoms with van der Waals surface area (Å²) in [7, 11) is 0.959. The van der Waals surface area contributed by atoms with E-state index in [0.29, 0.717) is 25.0 Å². The first-order valence-corrected chi connectivity index (χ1v) is 12.2. The maximum atomic E-state index is 14.5. The Labute approximate surface area is 223 Å². The second-order valence-corrected chi connectivity index (χ2v) is 9.56. The van der Waals surface area contributed by atoms with Crippen molar-refractivity contribution in [3.63, 3.8) is 0 Å². The molecule has 2 aromatic carbocycles. The minimum absolute atomic E-state index is 0.0273. The Kier molecular flexibility index (Phi) is 7.92. The first kappa shape index (κ1) is 29.4. The van der Waals surface area contributed by atoms with Crippen LogP contribution in [0, 0.1) is 17.6 Å². The number of halogens is 8. The Morgan fingerprint density at radius 3 is 2.02 bits per heavy atom. The van der Waals surface area contributed by atoms with Gasteiger partial charge in [-0.05, 0) is 61.9 Å². The molecule has 40 heavy (non-hydrogen) atoms. The molecule has 1 fully saturated rings. The van der Waals surface area contributed by atoms with Crippen molar-refractivity contribution in [3.8, 4) is 0 Å². The number of nitrogens with zero attached hydrogens (tertiary/aromatic N) is 2. The number of methoxy groups -OCH3 is 1. The normalized spacial score (nSPS) is 19.2. The summed E-state index contributed by atoms with van der Waals surface area (Å²) < 4.78 is 120. The number of amides is 2. The fourth-order valence-corrected chi connectivity index (χ4v) is 5.00. The van der Waals surface area contributed by atoms with Gasteiger partial charge in [-0.3, -0.25) is 9.80 Å². The molecule has 0 bridgehead atoms. The zero-order valence-electron chi connectivity index (χ0n) is 21.2. The van der Waals surface area contributed by atoms with E-state index in [-0.39, 0.29) is 36.3 Å². The van der Waals surface area contributed by atoms with Crippen LogP contribution in [-0.4, -0.2) is 36.8 Å². The molecule has 0 radical (unpaired) electrons. The van der Waals surface area contributed by atoms with Gasteiger partial charge < -0.3 is 9.47 Å². The Morgan fingerprint density at radius 2 is 1.52 bits per heavy atom. The SMILES string of the molecule is CCOC(=O)N1c2cc(F)c(F)cc2[C@H](N(Cc2cc(C(F)(F)F)cc(C(F)(F)F)c2)C(=O)OC)C[C@@H]1C1CC1. The topological polar surface area (TPSA) is 59.1 Å². The Morgan fingerprint density at radius 1 is 0.950 bits per heavy atom. The first-order valence-electron chi connectivity index (χ1n) is 12.2. The van der Waals surface area contributed by atoms with Gasteiger partial charge in [0, 0.05) is 24.2 Å². The predicted octanol–water partition coefficient (Wildman–Crippen LogP) is 7.46. The summed E-state index contributed by atoms with van der Waals surface area (Å²) in [5.41, 5.74) is -3.89. The monoisotopic (exact) mass is 580 g/mol. The lowest BCUT2D eigenvalue weighted by atomic mass is 9.87. The van der Waals surface area contributed by atoms with Crippen molar-refractivity contribution in [2.24, 2.45) is 5.92 Å². The highest BCUT2D eigenvalue weighted by molar-refractivity contribution is 5.90. The maximum absolute atomic E-state index is 14.5. The third-order valence-corrected chi connectivity index (χ3v) is 6.90. The molecule has 1 heterocycles. The van der Waals surface area contributed by atoms with Gasteiger partial charge in [0.15, 0.2) is 11.6 Å². The van der Waals surface area contributed by atoms with E-state index < -0.39 is 71.5 Å². The zero-order chi connectivity index (χ0) is 29.6. The molecular weight excluding hydrogens is 556 g/mol. The molecule has 0 N–H and O–H groups in total. The second-order valence-electron chi connectivity index (χ2n) is 9.56. The lowest BCUT2D eigenvalue weighted by Gasteiger charge is -2.44. The molecule has 218 valence electrons. The number of alkyl halides is 6. The van der Waals surface area contributed by atoms with Gasteiger partial charge in [-0.25, -0.2) is 18.4 Å². The molecule has 0 aromatic heterocycles. The minimum Gasteiger partial charge on any atom is -0.453 e. The van der Waals surface area contributed by atoms with Crippen molar-refractivity contribution >= 4 is 17.9 Å². The highest BCUT2D eigenvalue weighted by atomic mass is 19.4. The molecule has 1 aliphatic heterocycles. The first-order chi connectivity index (χ1) is 18.6. The average Bonchev–Trinajstić information content (AvgIpc) is 3.71. The van der Waals surface area contributed by atoms with Crippen molar-refractivity contribution in [2.75, 3.05) is 18.6 Å². The molecule has 2 aromatic rings. The van der Waals surface area contributed by atoms with Gasteiger partial charge in [-0.1, -0.05) is 0 Å². The van der Waals surface area contributed by atoms with Crippen LogP contribution in [0.15, 0.2) is 30.3 Å². The highest BCUT2D eigenvalue weighted by Gasteiger charge is 2.47. The van der Waals surface area contributed by atoms with Crippen LogP contribution in [0.25, 0.3) is 0 Å². The summed E-state index contributed by atoms with van der Waals surface area (Å²) in [4.78, 5) is 27.8. The molecule has 1 saturated carbocycles. The summed E-state index contributed by atoms with van der Waals surface area (Å²) >= 11 is 0. The average molecular weight is 580 g/mol. The van der Waals surface area contributed by atoms with Gasteiger partial charge in [0.2, 0.25) is 0 Å². The summed E-state index contributed by atoms with van der Waals surface area (Å²) in [5.74, 6) is -2.75. The smallest absolute Gasteiger partial charge is 0.416 e. The summed E-state index contributed by atoms with van der Waals surface area (Å²) in [6.45, 7) is 0.728. The largest absolute Gasteiger partial charge is 0.453 e. The molecule has 6 nitrogen and oxygen atoms in total. The number of ether oxygens (including phenoxy) is 2. The zero-order valence-corrected chi connectivity index (χ0v) is 21.2. The van der Waals surface area contributed by atoms with Gasteiger partial charge in [0.25, 0.3) is 0 Å². The van der Waals surface area contributed by atoms with E-state index in [1.165, 1.54) is 0 Å². The van der Waals surface area contributed by atoms with Crippen molar-refractivity contribution in [2.45, 2.75) is 57.2 Å². The summed E-state index contributed by atoms with van der Waals surface area (Å²) in [6, 6.07) is 0.532. The molecule has 2 aliphatic rings. The Bertz CT molecular complexity index is 1260. The van der Waals surface area contributed by atoms with Crippen molar-refractivity contribution in [1.29, 1.82) is 0 Å². The third kappa shape index (κ3) is 5.94. The number of fused-ring (bicyclic) bond motifs is 1. The minimum atomic E-state index is -5.12. The Balaban J connectivity index is 1.85. The lowest BCUT2D eigenvalue weighted by molar-refractivity contribution is -0.143. The molecule has 1 aliphatic carbocycles. The number of carbonyl (C=O) groups excluding carboxylic acids is 2. The van der Waals surface area contributed by atoms with Crippen LogP contribution in [0.5, 0.6) is 0 Å². The van der Waals surface area contributed by atoms with Gasteiger partial charge >= 0.3 is 24.5 Å². The van der Waals surface area contributed by atoms with Crippen LogP contribution in [0.4, 0.5) is 50.4 Å². The van der Waals surface area contributed by atoms with E-state index in [2.05, 4.69) is 0 Å². The van der Waals surface area contributed by atoms with E-state index in [1.54, 1.807) is 6.92 Å². The number of benzene rings is 2. The Hall–Kier alpha value is -3.58. The molecule has 0 unspecified atom stereocenters. The van der Waals surface area contributed by atoms with Crippen LogP contribution >= 0.6 is 0 Å². The molecule has 0 spiro atoms. The highest BCUT2D eigenvalue weighted by Crippen LogP contribution is 2.49. The fraction of sp³-hybridized carbons (Fsp3) is 0.462. The van der Waals surface area contributed by atoms with Crippen molar-refractivity contribution in [3.05, 3.63) is 64.2 Å². The number of hydrogen-bond acceptors (Lipinski definition) is 4. The molecule has 4 rings (SSSR count). The van der Waals surface area contributed by atoms with Crippen LogP contribution in [-0.2, 0) is 28.4 Å². The second kappa shape index (κ2) is 10.8. The standard InChI is InChI=1S/C26H24F8N2O4/c1-3-40-24(38)36-20(14-4-5-14)11-21(17-9-18(27)19(28)10-22(17)36)35(23(37)39-2)12-13-6-15(25(29,30)31)8-16(7-13)26(32,33)34/h6-10,14,20-21H,3-5,11-12H2,1-2H3/t20-,21-/m1/s1. The van der Waals surface area contributed by atoms with E-state index >= 15 is 0 Å². The maximum Gasteiger partial charge on any atom is 0.416 e. The van der Waals surface area contributed by atoms with Crippen LogP contribution in [0.2, 0.25) is 0 Å². The molecule has 2 amide bonds. The number of hydrogen-bond donors (Lipinski definition) is 0. The quantitative estimate of drug-likeness (QED) is 0.345. The summed E-state index contributed by atoms with van der Waals surface area (Å²) in [6.07, 6.45) is -11.0. The van der Waals surface area contributed by atoms with Crippen LogP contribution < -0.4 is 4.90 Å². The number of anilines is 1. The number of carbonyl (C=O) groups is 2.